The van der Waals surface area contributed by atoms with Crippen LogP contribution in [0.25, 0.3) is 0 Å². The molecule has 0 bridgehead atoms. The van der Waals surface area contributed by atoms with Gasteiger partial charge in [-0.15, -0.1) is 0 Å². The van der Waals surface area contributed by atoms with Gasteiger partial charge in [0.15, 0.2) is 0 Å². The van der Waals surface area contributed by atoms with Gasteiger partial charge in [0.2, 0.25) is 0 Å². The first-order chi connectivity index (χ1) is 4.68. The van der Waals surface area contributed by atoms with Crippen LogP contribution in [-0.4, -0.2) is 30.7 Å². The molecule has 0 aromatic heterocycles. The molecule has 0 aliphatic carbocycles. The molecule has 0 saturated heterocycles. The summed E-state index contributed by atoms with van der Waals surface area (Å²) in [6, 6.07) is -0.701. The molecule has 0 radical (unpaired) electrons. The molecule has 0 heterocycles. The van der Waals surface area contributed by atoms with Crippen LogP contribution < -0.4 is 11.1 Å². The lowest BCUT2D eigenvalue weighted by Gasteiger charge is -2.04. The van der Waals surface area contributed by atoms with E-state index in [1.54, 1.807) is 0 Å². The number of carboxylic acid groups (broad SMARTS) is 1. The Morgan fingerprint density at radius 1 is 1.80 bits per heavy atom. The fourth-order valence-corrected chi connectivity index (χ4v) is 0.622. The Morgan fingerprint density at radius 2 is 2.40 bits per heavy atom. The van der Waals surface area contributed by atoms with Crippen molar-refractivity contribution in [3.63, 3.8) is 0 Å². The van der Waals surface area contributed by atoms with Gasteiger partial charge in [-0.3, -0.25) is 4.79 Å². The standard InChI is InChI=1S/C6H14N2O2/c1-8-4-2-3-5(7)6(9)10/h5,8H,2-4,7H2,1H3,(H,9,10)/t5-/m1/s1. The minimum atomic E-state index is -0.920. The lowest BCUT2D eigenvalue weighted by atomic mass is 10.2. The van der Waals surface area contributed by atoms with E-state index in [9.17, 15) is 4.79 Å². The summed E-state index contributed by atoms with van der Waals surface area (Å²) in [4.78, 5) is 10.1. The topological polar surface area (TPSA) is 75.3 Å². The highest BCUT2D eigenvalue weighted by molar-refractivity contribution is 5.72. The first kappa shape index (κ1) is 9.39. The Morgan fingerprint density at radius 3 is 2.80 bits per heavy atom. The number of nitrogens with two attached hydrogens (primary N) is 1. The number of rotatable bonds is 5. The molecule has 0 aliphatic rings. The van der Waals surface area contributed by atoms with E-state index in [2.05, 4.69) is 5.32 Å². The van der Waals surface area contributed by atoms with Crippen LogP contribution in [0.5, 0.6) is 0 Å². The zero-order valence-corrected chi connectivity index (χ0v) is 6.13. The van der Waals surface area contributed by atoms with Crippen LogP contribution in [0.1, 0.15) is 12.8 Å². The summed E-state index contributed by atoms with van der Waals surface area (Å²) in [6.07, 6.45) is 1.35. The Kier molecular flexibility index (Phi) is 4.88. The molecule has 0 fully saturated rings. The van der Waals surface area contributed by atoms with Crippen molar-refractivity contribution < 1.29 is 9.90 Å². The third kappa shape index (κ3) is 4.29. The van der Waals surface area contributed by atoms with Gasteiger partial charge in [-0.2, -0.15) is 0 Å². The lowest BCUT2D eigenvalue weighted by Crippen LogP contribution is -2.30. The molecule has 0 rings (SSSR count). The maximum atomic E-state index is 10.1. The molecule has 0 aromatic carbocycles. The van der Waals surface area contributed by atoms with Crippen LogP contribution in [0, 0.1) is 0 Å². The van der Waals surface area contributed by atoms with Crippen molar-refractivity contribution >= 4 is 5.97 Å². The van der Waals surface area contributed by atoms with Crippen LogP contribution >= 0.6 is 0 Å². The smallest absolute Gasteiger partial charge is 0.320 e. The van der Waals surface area contributed by atoms with Gasteiger partial charge in [-0.25, -0.2) is 0 Å². The number of hydrogen-bond donors (Lipinski definition) is 3. The fraction of sp³-hybridized carbons (Fsp3) is 0.833. The van der Waals surface area contributed by atoms with Gasteiger partial charge >= 0.3 is 5.97 Å². The summed E-state index contributed by atoms with van der Waals surface area (Å²) in [7, 11) is 1.83. The molecule has 60 valence electrons. The molecular formula is C6H14N2O2. The van der Waals surface area contributed by atoms with Crippen LogP contribution in [-0.2, 0) is 4.79 Å². The van der Waals surface area contributed by atoms with Gasteiger partial charge in [-0.1, -0.05) is 0 Å². The Hall–Kier alpha value is -0.610. The van der Waals surface area contributed by atoms with E-state index in [1.165, 1.54) is 0 Å². The van der Waals surface area contributed by atoms with E-state index in [-0.39, 0.29) is 0 Å². The van der Waals surface area contributed by atoms with Gasteiger partial charge in [0, 0.05) is 0 Å². The van der Waals surface area contributed by atoms with Gasteiger partial charge in [0.05, 0.1) is 0 Å². The second kappa shape index (κ2) is 5.20. The summed E-state index contributed by atoms with van der Waals surface area (Å²) in [5.41, 5.74) is 5.23. The molecule has 0 amide bonds. The summed E-state index contributed by atoms with van der Waals surface area (Å²) in [6.45, 7) is 0.820. The molecule has 0 aromatic rings. The summed E-state index contributed by atoms with van der Waals surface area (Å²) in [5.74, 6) is -0.920. The van der Waals surface area contributed by atoms with Crippen molar-refractivity contribution in [3.8, 4) is 0 Å². The zero-order chi connectivity index (χ0) is 7.98. The molecule has 4 heteroatoms. The van der Waals surface area contributed by atoms with Crippen LogP contribution in [0.4, 0.5) is 0 Å². The van der Waals surface area contributed by atoms with Crippen LogP contribution in [0.15, 0.2) is 0 Å². The third-order valence-electron chi connectivity index (χ3n) is 1.26. The second-order valence-electron chi connectivity index (χ2n) is 2.19. The molecule has 0 spiro atoms. The monoisotopic (exact) mass is 146 g/mol. The number of hydrogen-bond acceptors (Lipinski definition) is 3. The fourth-order valence-electron chi connectivity index (χ4n) is 0.622. The molecule has 4 N–H and O–H groups in total. The van der Waals surface area contributed by atoms with E-state index >= 15 is 0 Å². The van der Waals surface area contributed by atoms with Gasteiger partial charge in [0.1, 0.15) is 6.04 Å². The largest absolute Gasteiger partial charge is 0.480 e. The number of carboxylic acids is 1. The summed E-state index contributed by atoms with van der Waals surface area (Å²) < 4.78 is 0. The minimum Gasteiger partial charge on any atom is -0.480 e. The normalized spacial score (nSPS) is 13.0. The van der Waals surface area contributed by atoms with Gasteiger partial charge in [-0.05, 0) is 26.4 Å². The van der Waals surface area contributed by atoms with E-state index < -0.39 is 12.0 Å². The maximum Gasteiger partial charge on any atom is 0.320 e. The average molecular weight is 146 g/mol. The molecular weight excluding hydrogens is 132 g/mol. The average Bonchev–Trinajstić information content (AvgIpc) is 1.88. The highest BCUT2D eigenvalue weighted by atomic mass is 16.4. The zero-order valence-electron chi connectivity index (χ0n) is 6.13. The first-order valence-corrected chi connectivity index (χ1v) is 3.31. The molecule has 1 atom stereocenters. The van der Waals surface area contributed by atoms with E-state index in [0.717, 1.165) is 13.0 Å². The van der Waals surface area contributed by atoms with E-state index in [0.29, 0.717) is 6.42 Å². The predicted octanol–water partition coefficient (Wildman–Crippen LogP) is -0.602. The number of carbonyl (C=O) groups is 1. The first-order valence-electron chi connectivity index (χ1n) is 3.31. The number of aliphatic carboxylic acids is 1. The van der Waals surface area contributed by atoms with Gasteiger partial charge < -0.3 is 16.2 Å². The van der Waals surface area contributed by atoms with E-state index in [4.69, 9.17) is 10.8 Å². The summed E-state index contributed by atoms with van der Waals surface area (Å²) in [5, 5.41) is 11.2. The highest BCUT2D eigenvalue weighted by Crippen LogP contribution is 1.92. The molecule has 4 nitrogen and oxygen atoms in total. The van der Waals surface area contributed by atoms with Crippen molar-refractivity contribution in [1.29, 1.82) is 0 Å². The Bertz CT molecular complexity index is 106. The number of nitrogens with one attached hydrogen (secondary N) is 1. The molecule has 0 unspecified atom stereocenters. The van der Waals surface area contributed by atoms with Crippen molar-refractivity contribution in [3.05, 3.63) is 0 Å². The minimum absolute atomic E-state index is 0.538. The maximum absolute atomic E-state index is 10.1. The summed E-state index contributed by atoms with van der Waals surface area (Å²) >= 11 is 0. The Labute approximate surface area is 60.4 Å². The van der Waals surface area contributed by atoms with Crippen molar-refractivity contribution in [2.75, 3.05) is 13.6 Å². The second-order valence-corrected chi connectivity index (χ2v) is 2.19. The third-order valence-corrected chi connectivity index (χ3v) is 1.26. The predicted molar refractivity (Wildman–Crippen MR) is 38.8 cm³/mol. The van der Waals surface area contributed by atoms with Crippen LogP contribution in [0.2, 0.25) is 0 Å². The van der Waals surface area contributed by atoms with Crippen molar-refractivity contribution in [2.45, 2.75) is 18.9 Å². The van der Waals surface area contributed by atoms with Crippen molar-refractivity contribution in [2.24, 2.45) is 5.73 Å². The molecule has 0 saturated carbocycles. The van der Waals surface area contributed by atoms with Gasteiger partial charge in [0.25, 0.3) is 0 Å². The quantitative estimate of drug-likeness (QED) is 0.453. The lowest BCUT2D eigenvalue weighted by molar-refractivity contribution is -0.138. The molecule has 10 heavy (non-hydrogen) atoms. The highest BCUT2D eigenvalue weighted by Gasteiger charge is 2.09. The van der Waals surface area contributed by atoms with Crippen LogP contribution in [0.3, 0.4) is 0 Å². The Balaban J connectivity index is 3.21. The SMILES string of the molecule is CNCCC[C@@H](N)C(=O)O. The van der Waals surface area contributed by atoms with E-state index in [1.807, 2.05) is 7.05 Å². The van der Waals surface area contributed by atoms with Crippen molar-refractivity contribution in [1.82, 2.24) is 5.32 Å². The molecule has 0 aliphatic heterocycles.